The summed E-state index contributed by atoms with van der Waals surface area (Å²) < 4.78 is 39.7. The molecule has 0 bridgehead atoms. The zero-order valence-corrected chi connectivity index (χ0v) is 10.5. The van der Waals surface area contributed by atoms with Crippen LogP contribution in [0, 0.1) is 5.92 Å². The Balaban J connectivity index is 0.000000191. The van der Waals surface area contributed by atoms with Gasteiger partial charge in [-0.15, -0.1) is 0 Å². The molecule has 2 rings (SSSR count). The van der Waals surface area contributed by atoms with E-state index in [9.17, 15) is 18.0 Å². The van der Waals surface area contributed by atoms with Crippen LogP contribution in [0.2, 0.25) is 0 Å². The van der Waals surface area contributed by atoms with Crippen molar-refractivity contribution in [2.45, 2.75) is 12.6 Å². The monoisotopic (exact) mass is 275 g/mol. The van der Waals surface area contributed by atoms with E-state index in [0.717, 1.165) is 0 Å². The third-order valence-electron chi connectivity index (χ3n) is 2.72. The number of methoxy groups -OCH3 is 1. The SMILES string of the molecule is COC(=O)c1ccccc1.FC(F)(F)C1CCNC1. The van der Waals surface area contributed by atoms with Crippen molar-refractivity contribution in [2.75, 3.05) is 20.2 Å². The van der Waals surface area contributed by atoms with Crippen molar-refractivity contribution in [3.8, 4) is 0 Å². The lowest BCUT2D eigenvalue weighted by atomic mass is 10.1. The van der Waals surface area contributed by atoms with Crippen LogP contribution in [0.25, 0.3) is 0 Å². The molecule has 1 heterocycles. The number of halogens is 3. The molecule has 106 valence electrons. The number of carbonyl (C=O) groups excluding carboxylic acids is 1. The van der Waals surface area contributed by atoms with Gasteiger partial charge in [0.05, 0.1) is 18.6 Å². The maximum Gasteiger partial charge on any atom is 0.393 e. The molecule has 1 atom stereocenters. The normalized spacial score (nSPS) is 18.4. The van der Waals surface area contributed by atoms with E-state index in [4.69, 9.17) is 0 Å². The number of alkyl halides is 3. The largest absolute Gasteiger partial charge is 0.465 e. The number of hydrogen-bond acceptors (Lipinski definition) is 3. The Kier molecular flexibility index (Phi) is 5.82. The number of ether oxygens (including phenoxy) is 1. The number of benzene rings is 1. The molecule has 1 saturated heterocycles. The van der Waals surface area contributed by atoms with Crippen molar-refractivity contribution in [3.63, 3.8) is 0 Å². The Morgan fingerprint density at radius 3 is 2.32 bits per heavy atom. The standard InChI is InChI=1S/C8H8O2.C5H8F3N/c1-10-8(9)7-5-3-2-4-6-7;6-5(7,8)4-1-2-9-3-4/h2-6H,1H3;4,9H,1-3H2. The second-order valence-electron chi connectivity index (χ2n) is 4.09. The molecule has 19 heavy (non-hydrogen) atoms. The highest BCUT2D eigenvalue weighted by atomic mass is 19.4. The first-order valence-corrected chi connectivity index (χ1v) is 5.86. The van der Waals surface area contributed by atoms with Gasteiger partial charge in [0.2, 0.25) is 0 Å². The van der Waals surface area contributed by atoms with Gasteiger partial charge in [-0.25, -0.2) is 4.79 Å². The summed E-state index contributed by atoms with van der Waals surface area (Å²) in [6.45, 7) is 0.605. The van der Waals surface area contributed by atoms with Crippen LogP contribution in [0.5, 0.6) is 0 Å². The number of rotatable bonds is 1. The van der Waals surface area contributed by atoms with Crippen LogP contribution in [0.3, 0.4) is 0 Å². The third kappa shape index (κ3) is 5.30. The Morgan fingerprint density at radius 1 is 1.32 bits per heavy atom. The molecule has 1 aromatic rings. The first kappa shape index (κ1) is 15.5. The quantitative estimate of drug-likeness (QED) is 0.801. The second-order valence-corrected chi connectivity index (χ2v) is 4.09. The molecule has 0 amide bonds. The zero-order chi connectivity index (χ0) is 14.3. The predicted molar refractivity (Wildman–Crippen MR) is 64.8 cm³/mol. The van der Waals surface area contributed by atoms with Crippen molar-refractivity contribution < 1.29 is 22.7 Å². The minimum Gasteiger partial charge on any atom is -0.465 e. The summed E-state index contributed by atoms with van der Waals surface area (Å²) in [5.74, 6) is -1.39. The van der Waals surface area contributed by atoms with Gasteiger partial charge in [-0.1, -0.05) is 18.2 Å². The maximum atomic E-state index is 11.7. The molecule has 0 spiro atoms. The Morgan fingerprint density at radius 2 is 1.95 bits per heavy atom. The molecule has 0 aliphatic carbocycles. The molecule has 0 aromatic heterocycles. The van der Waals surface area contributed by atoms with E-state index in [2.05, 4.69) is 10.1 Å². The van der Waals surface area contributed by atoms with E-state index in [1.165, 1.54) is 7.11 Å². The summed E-state index contributed by atoms with van der Waals surface area (Å²) in [6.07, 6.45) is -3.74. The number of carbonyl (C=O) groups is 1. The highest BCUT2D eigenvalue weighted by Gasteiger charge is 2.40. The first-order valence-electron chi connectivity index (χ1n) is 5.86. The average molecular weight is 275 g/mol. The van der Waals surface area contributed by atoms with Gasteiger partial charge in [-0.3, -0.25) is 0 Å². The topological polar surface area (TPSA) is 38.3 Å². The Labute approximate surface area is 109 Å². The first-order chi connectivity index (χ1) is 8.95. The van der Waals surface area contributed by atoms with Gasteiger partial charge in [0.15, 0.2) is 0 Å². The minimum absolute atomic E-state index is 0.101. The summed E-state index contributed by atoms with van der Waals surface area (Å²) in [5.41, 5.74) is 0.588. The van der Waals surface area contributed by atoms with Crippen LogP contribution in [-0.2, 0) is 4.74 Å². The maximum absolute atomic E-state index is 11.7. The lowest BCUT2D eigenvalue weighted by Crippen LogP contribution is -2.24. The van der Waals surface area contributed by atoms with Gasteiger partial charge < -0.3 is 10.1 Å². The molecule has 0 radical (unpaired) electrons. The van der Waals surface area contributed by atoms with E-state index < -0.39 is 12.1 Å². The van der Waals surface area contributed by atoms with E-state index in [0.29, 0.717) is 12.1 Å². The fourth-order valence-corrected chi connectivity index (χ4v) is 1.63. The fourth-order valence-electron chi connectivity index (χ4n) is 1.63. The van der Waals surface area contributed by atoms with Crippen molar-refractivity contribution in [3.05, 3.63) is 35.9 Å². The second kappa shape index (κ2) is 7.13. The van der Waals surface area contributed by atoms with Crippen LogP contribution < -0.4 is 5.32 Å². The van der Waals surface area contributed by atoms with Crippen LogP contribution >= 0.6 is 0 Å². The molecular formula is C13H16F3NO2. The summed E-state index contributed by atoms with van der Waals surface area (Å²) in [7, 11) is 1.37. The Hall–Kier alpha value is -1.56. The van der Waals surface area contributed by atoms with Crippen LogP contribution in [0.15, 0.2) is 30.3 Å². The molecule has 1 unspecified atom stereocenters. The van der Waals surface area contributed by atoms with Crippen molar-refractivity contribution in [1.29, 1.82) is 0 Å². The molecule has 1 aliphatic heterocycles. The van der Waals surface area contributed by atoms with Crippen LogP contribution in [0.1, 0.15) is 16.8 Å². The van der Waals surface area contributed by atoms with E-state index >= 15 is 0 Å². The molecule has 1 aliphatic rings. The van der Waals surface area contributed by atoms with Gasteiger partial charge in [-0.05, 0) is 25.1 Å². The van der Waals surface area contributed by atoms with E-state index in [1.807, 2.05) is 6.07 Å². The average Bonchev–Trinajstić information content (AvgIpc) is 2.93. The van der Waals surface area contributed by atoms with Gasteiger partial charge in [0.1, 0.15) is 0 Å². The zero-order valence-electron chi connectivity index (χ0n) is 10.5. The lowest BCUT2D eigenvalue weighted by molar-refractivity contribution is -0.168. The predicted octanol–water partition coefficient (Wildman–Crippen LogP) is 2.63. The van der Waals surface area contributed by atoms with E-state index in [1.54, 1.807) is 24.3 Å². The van der Waals surface area contributed by atoms with Crippen molar-refractivity contribution in [2.24, 2.45) is 5.92 Å². The van der Waals surface area contributed by atoms with Gasteiger partial charge in [0, 0.05) is 6.54 Å². The highest BCUT2D eigenvalue weighted by Crippen LogP contribution is 2.29. The van der Waals surface area contributed by atoms with Crippen LogP contribution in [-0.4, -0.2) is 32.3 Å². The molecule has 1 fully saturated rings. The van der Waals surface area contributed by atoms with Crippen LogP contribution in [0.4, 0.5) is 13.2 Å². The fraction of sp³-hybridized carbons (Fsp3) is 0.462. The highest BCUT2D eigenvalue weighted by molar-refractivity contribution is 5.89. The van der Waals surface area contributed by atoms with Crippen molar-refractivity contribution >= 4 is 5.97 Å². The minimum atomic E-state index is -3.98. The summed E-state index contributed by atoms with van der Waals surface area (Å²) in [6, 6.07) is 8.88. The summed E-state index contributed by atoms with van der Waals surface area (Å²) in [4.78, 5) is 10.8. The van der Waals surface area contributed by atoms with Gasteiger partial charge >= 0.3 is 12.1 Å². The lowest BCUT2D eigenvalue weighted by Gasteiger charge is -2.11. The molecule has 1 N–H and O–H groups in total. The number of nitrogens with one attached hydrogen (secondary N) is 1. The molecular weight excluding hydrogens is 259 g/mol. The van der Waals surface area contributed by atoms with Crippen molar-refractivity contribution in [1.82, 2.24) is 5.32 Å². The molecule has 6 heteroatoms. The molecule has 0 saturated carbocycles. The van der Waals surface area contributed by atoms with E-state index in [-0.39, 0.29) is 18.9 Å². The van der Waals surface area contributed by atoms with Gasteiger partial charge in [-0.2, -0.15) is 13.2 Å². The summed E-state index contributed by atoms with van der Waals surface area (Å²) in [5, 5.41) is 2.66. The Bertz CT molecular complexity index is 387. The summed E-state index contributed by atoms with van der Waals surface area (Å²) >= 11 is 0. The number of esters is 1. The molecule has 1 aromatic carbocycles. The van der Waals surface area contributed by atoms with Gasteiger partial charge in [0.25, 0.3) is 0 Å². The molecule has 3 nitrogen and oxygen atoms in total. The smallest absolute Gasteiger partial charge is 0.393 e. The number of hydrogen-bond donors (Lipinski definition) is 1. The third-order valence-corrected chi connectivity index (χ3v) is 2.72.